The number of nitrogens with one attached hydrogen (secondary N) is 3. The summed E-state index contributed by atoms with van der Waals surface area (Å²) in [5.41, 5.74) is 3.03. The zero-order chi connectivity index (χ0) is 15.4. The second-order valence-electron chi connectivity index (χ2n) is 5.04. The van der Waals surface area contributed by atoms with E-state index < -0.39 is 0 Å². The van der Waals surface area contributed by atoms with Gasteiger partial charge < -0.3 is 15.6 Å². The summed E-state index contributed by atoms with van der Waals surface area (Å²) in [7, 11) is 0. The lowest BCUT2D eigenvalue weighted by Crippen LogP contribution is -2.30. The van der Waals surface area contributed by atoms with Gasteiger partial charge in [-0.2, -0.15) is 0 Å². The maximum Gasteiger partial charge on any atom is 0.319 e. The van der Waals surface area contributed by atoms with E-state index in [-0.39, 0.29) is 6.03 Å². The smallest absolute Gasteiger partial charge is 0.319 e. The number of hydrogen-bond acceptors (Lipinski definition) is 1. The van der Waals surface area contributed by atoms with E-state index in [1.807, 2.05) is 12.3 Å². The minimum Gasteiger partial charge on any atom is -0.361 e. The number of amides is 2. The van der Waals surface area contributed by atoms with Crippen LogP contribution in [-0.2, 0) is 6.42 Å². The van der Waals surface area contributed by atoms with Gasteiger partial charge in [0.2, 0.25) is 0 Å². The van der Waals surface area contributed by atoms with Crippen LogP contribution in [0.2, 0.25) is 5.02 Å². The summed E-state index contributed by atoms with van der Waals surface area (Å²) >= 11 is 5.80. The number of hydrogen-bond donors (Lipinski definition) is 3. The van der Waals surface area contributed by atoms with Gasteiger partial charge in [0.25, 0.3) is 0 Å². The molecule has 0 saturated carbocycles. The molecule has 3 N–H and O–H groups in total. The van der Waals surface area contributed by atoms with E-state index >= 15 is 0 Å². The molecule has 0 aliphatic carbocycles. The molecule has 22 heavy (non-hydrogen) atoms. The molecule has 5 heteroatoms. The number of carbonyl (C=O) groups is 1. The molecule has 4 nitrogen and oxygen atoms in total. The van der Waals surface area contributed by atoms with Gasteiger partial charge >= 0.3 is 6.03 Å². The molecule has 0 aliphatic heterocycles. The SMILES string of the molecule is O=C(NCCc1ccc2[nH]ccc2c1)Nc1ccc(Cl)cc1. The van der Waals surface area contributed by atoms with Crippen molar-refractivity contribution in [3.63, 3.8) is 0 Å². The molecule has 0 saturated heterocycles. The van der Waals surface area contributed by atoms with Gasteiger partial charge in [-0.1, -0.05) is 17.7 Å². The molecule has 0 bridgehead atoms. The molecule has 112 valence electrons. The predicted octanol–water partition coefficient (Wildman–Crippen LogP) is 4.19. The Labute approximate surface area is 133 Å². The standard InChI is InChI=1S/C17H16ClN3O/c18-14-2-4-15(5-3-14)21-17(22)20-9-7-12-1-6-16-13(11-12)8-10-19-16/h1-6,8,10-11,19H,7,9H2,(H2,20,21,22). The van der Waals surface area contributed by atoms with Crippen molar-refractivity contribution in [1.29, 1.82) is 0 Å². The largest absolute Gasteiger partial charge is 0.361 e. The number of anilines is 1. The molecule has 0 fully saturated rings. The molecule has 3 aromatic rings. The van der Waals surface area contributed by atoms with Crippen LogP contribution in [0.25, 0.3) is 10.9 Å². The van der Waals surface area contributed by atoms with Crippen LogP contribution in [-0.4, -0.2) is 17.6 Å². The lowest BCUT2D eigenvalue weighted by molar-refractivity contribution is 0.252. The molecule has 1 aromatic heterocycles. The van der Waals surface area contributed by atoms with Crippen LogP contribution in [0, 0.1) is 0 Å². The van der Waals surface area contributed by atoms with Gasteiger partial charge in [0, 0.05) is 29.0 Å². The van der Waals surface area contributed by atoms with Gasteiger partial charge in [-0.05, 0) is 59.8 Å². The molecule has 1 heterocycles. The van der Waals surface area contributed by atoms with Crippen molar-refractivity contribution in [2.75, 3.05) is 11.9 Å². The summed E-state index contributed by atoms with van der Waals surface area (Å²) in [6.07, 6.45) is 2.71. The van der Waals surface area contributed by atoms with E-state index in [9.17, 15) is 4.79 Å². The lowest BCUT2D eigenvalue weighted by Gasteiger charge is -2.08. The molecule has 2 aromatic carbocycles. The minimum atomic E-state index is -0.218. The van der Waals surface area contributed by atoms with Gasteiger partial charge in [-0.25, -0.2) is 4.79 Å². The molecule has 0 aliphatic rings. The van der Waals surface area contributed by atoms with E-state index in [1.165, 1.54) is 10.9 Å². The Bertz CT molecular complexity index is 780. The van der Waals surface area contributed by atoms with Crippen LogP contribution in [0.15, 0.2) is 54.7 Å². The summed E-state index contributed by atoms with van der Waals surface area (Å²) in [5, 5.41) is 7.44. The minimum absolute atomic E-state index is 0.218. The van der Waals surface area contributed by atoms with E-state index in [4.69, 9.17) is 11.6 Å². The van der Waals surface area contributed by atoms with Crippen molar-refractivity contribution in [3.05, 3.63) is 65.3 Å². The monoisotopic (exact) mass is 313 g/mol. The Balaban J connectivity index is 1.49. The first-order chi connectivity index (χ1) is 10.7. The molecular formula is C17H16ClN3O. The number of benzene rings is 2. The first-order valence-corrected chi connectivity index (χ1v) is 7.45. The van der Waals surface area contributed by atoms with Crippen molar-refractivity contribution in [3.8, 4) is 0 Å². The van der Waals surface area contributed by atoms with Crippen molar-refractivity contribution in [2.45, 2.75) is 6.42 Å². The van der Waals surface area contributed by atoms with E-state index in [1.54, 1.807) is 24.3 Å². The van der Waals surface area contributed by atoms with E-state index in [2.05, 4.69) is 33.8 Å². The van der Waals surface area contributed by atoms with Gasteiger partial charge in [0.1, 0.15) is 0 Å². The number of rotatable bonds is 4. The first-order valence-electron chi connectivity index (χ1n) is 7.07. The first kappa shape index (κ1) is 14.5. The van der Waals surface area contributed by atoms with Crippen LogP contribution >= 0.6 is 11.6 Å². The van der Waals surface area contributed by atoms with Crippen LogP contribution in [0.4, 0.5) is 10.5 Å². The summed E-state index contributed by atoms with van der Waals surface area (Å²) in [6, 6.07) is 15.1. The summed E-state index contributed by atoms with van der Waals surface area (Å²) in [5.74, 6) is 0. The predicted molar refractivity (Wildman–Crippen MR) is 90.5 cm³/mol. The molecule has 2 amide bonds. The maximum absolute atomic E-state index is 11.8. The normalized spacial score (nSPS) is 10.6. The fourth-order valence-corrected chi connectivity index (χ4v) is 2.41. The number of fused-ring (bicyclic) bond motifs is 1. The van der Waals surface area contributed by atoms with Gasteiger partial charge in [0.15, 0.2) is 0 Å². The van der Waals surface area contributed by atoms with Crippen LogP contribution < -0.4 is 10.6 Å². The molecular weight excluding hydrogens is 298 g/mol. The molecule has 0 unspecified atom stereocenters. The highest BCUT2D eigenvalue weighted by Gasteiger charge is 2.02. The number of halogens is 1. The van der Waals surface area contributed by atoms with Crippen molar-refractivity contribution in [2.24, 2.45) is 0 Å². The zero-order valence-corrected chi connectivity index (χ0v) is 12.7. The Kier molecular flexibility index (Phi) is 4.30. The molecule has 3 rings (SSSR count). The fraction of sp³-hybridized carbons (Fsp3) is 0.118. The fourth-order valence-electron chi connectivity index (χ4n) is 2.29. The Morgan fingerprint density at radius 3 is 2.73 bits per heavy atom. The number of aromatic amines is 1. The summed E-state index contributed by atoms with van der Waals surface area (Å²) in [6.45, 7) is 0.579. The van der Waals surface area contributed by atoms with Crippen molar-refractivity contribution in [1.82, 2.24) is 10.3 Å². The van der Waals surface area contributed by atoms with E-state index in [0.29, 0.717) is 11.6 Å². The second kappa shape index (κ2) is 6.54. The number of H-pyrrole nitrogens is 1. The molecule has 0 radical (unpaired) electrons. The molecule has 0 spiro atoms. The van der Waals surface area contributed by atoms with Gasteiger partial charge in [-0.3, -0.25) is 0 Å². The van der Waals surface area contributed by atoms with Crippen molar-refractivity contribution >= 4 is 34.2 Å². The van der Waals surface area contributed by atoms with Crippen LogP contribution in [0.5, 0.6) is 0 Å². The second-order valence-corrected chi connectivity index (χ2v) is 5.47. The average molecular weight is 314 g/mol. The highest BCUT2D eigenvalue weighted by atomic mass is 35.5. The number of urea groups is 1. The Morgan fingerprint density at radius 2 is 1.91 bits per heavy atom. The topological polar surface area (TPSA) is 56.9 Å². The maximum atomic E-state index is 11.8. The van der Waals surface area contributed by atoms with Crippen LogP contribution in [0.1, 0.15) is 5.56 Å². The van der Waals surface area contributed by atoms with Gasteiger partial charge in [-0.15, -0.1) is 0 Å². The highest BCUT2D eigenvalue weighted by Crippen LogP contribution is 2.15. The van der Waals surface area contributed by atoms with Crippen molar-refractivity contribution < 1.29 is 4.79 Å². The van der Waals surface area contributed by atoms with Gasteiger partial charge in [0.05, 0.1) is 0 Å². The third-order valence-electron chi connectivity index (χ3n) is 3.42. The summed E-state index contributed by atoms with van der Waals surface area (Å²) in [4.78, 5) is 15.0. The third kappa shape index (κ3) is 3.59. The highest BCUT2D eigenvalue weighted by molar-refractivity contribution is 6.30. The quantitative estimate of drug-likeness (QED) is 0.664. The Hall–Kier alpha value is -2.46. The molecule has 0 atom stereocenters. The zero-order valence-electron chi connectivity index (χ0n) is 11.9. The number of aromatic nitrogens is 1. The van der Waals surface area contributed by atoms with Crippen LogP contribution in [0.3, 0.4) is 0 Å². The third-order valence-corrected chi connectivity index (χ3v) is 3.67. The summed E-state index contributed by atoms with van der Waals surface area (Å²) < 4.78 is 0. The average Bonchev–Trinajstić information content (AvgIpc) is 2.97. The van der Waals surface area contributed by atoms with E-state index in [0.717, 1.165) is 17.6 Å². The Morgan fingerprint density at radius 1 is 1.09 bits per heavy atom. The number of carbonyl (C=O) groups excluding carboxylic acids is 1. The lowest BCUT2D eigenvalue weighted by atomic mass is 10.1.